The van der Waals surface area contributed by atoms with Crippen molar-refractivity contribution in [1.29, 1.82) is 0 Å². The lowest BCUT2D eigenvalue weighted by Crippen LogP contribution is -2.45. The van der Waals surface area contributed by atoms with Gasteiger partial charge in [0.05, 0.1) is 11.5 Å². The van der Waals surface area contributed by atoms with Crippen LogP contribution in [0.3, 0.4) is 0 Å². The summed E-state index contributed by atoms with van der Waals surface area (Å²) in [5.41, 5.74) is 7.19. The minimum absolute atomic E-state index is 0.101. The number of rotatable bonds is 5. The molecular formula is C21H25N3O4. The smallest absolute Gasteiger partial charge is 0.273 e. The quantitative estimate of drug-likeness (QED) is 0.777. The lowest BCUT2D eigenvalue weighted by Gasteiger charge is -2.17. The lowest BCUT2D eigenvalue weighted by atomic mass is 10.1. The maximum atomic E-state index is 12.4. The summed E-state index contributed by atoms with van der Waals surface area (Å²) in [6, 6.07) is 9.45. The van der Waals surface area contributed by atoms with Gasteiger partial charge in [-0.1, -0.05) is 25.5 Å². The van der Waals surface area contributed by atoms with Crippen LogP contribution in [-0.2, 0) is 16.0 Å². The van der Waals surface area contributed by atoms with Crippen LogP contribution in [0.5, 0.6) is 0 Å². The van der Waals surface area contributed by atoms with Crippen molar-refractivity contribution in [2.45, 2.75) is 40.0 Å². The zero-order valence-electron chi connectivity index (χ0n) is 16.4. The third-order valence-electron chi connectivity index (χ3n) is 4.87. The van der Waals surface area contributed by atoms with E-state index in [2.05, 4.69) is 17.8 Å². The van der Waals surface area contributed by atoms with Crippen LogP contribution in [0.25, 0.3) is 0 Å². The Hall–Kier alpha value is -3.09. The molecule has 148 valence electrons. The van der Waals surface area contributed by atoms with Gasteiger partial charge in [-0.3, -0.25) is 25.2 Å². The van der Waals surface area contributed by atoms with Crippen LogP contribution in [0.15, 0.2) is 34.7 Å². The third-order valence-corrected chi connectivity index (χ3v) is 4.87. The van der Waals surface area contributed by atoms with Crippen LogP contribution in [0.1, 0.15) is 47.2 Å². The Morgan fingerprint density at radius 1 is 1.18 bits per heavy atom. The fourth-order valence-electron chi connectivity index (χ4n) is 3.41. The average molecular weight is 383 g/mol. The molecule has 7 heteroatoms. The van der Waals surface area contributed by atoms with E-state index in [9.17, 15) is 14.4 Å². The number of carbonyl (C=O) groups excluding carboxylic acids is 3. The molecule has 1 aromatic heterocycles. The molecule has 1 aliphatic rings. The summed E-state index contributed by atoms with van der Waals surface area (Å²) in [4.78, 5) is 38.5. The van der Waals surface area contributed by atoms with E-state index in [1.165, 1.54) is 5.56 Å². The van der Waals surface area contributed by atoms with Gasteiger partial charge in [0.2, 0.25) is 11.8 Å². The molecule has 0 bridgehead atoms. The molecule has 1 fully saturated rings. The van der Waals surface area contributed by atoms with E-state index in [4.69, 9.17) is 4.42 Å². The molecule has 1 saturated heterocycles. The van der Waals surface area contributed by atoms with Crippen molar-refractivity contribution in [3.8, 4) is 0 Å². The lowest BCUT2D eigenvalue weighted by molar-refractivity contribution is -0.126. The first-order chi connectivity index (χ1) is 13.4. The molecule has 2 heterocycles. The molecule has 1 unspecified atom stereocenters. The highest BCUT2D eigenvalue weighted by Crippen LogP contribution is 2.25. The number of nitrogens with zero attached hydrogens (tertiary/aromatic N) is 1. The van der Waals surface area contributed by atoms with E-state index >= 15 is 0 Å². The molecule has 0 radical (unpaired) electrons. The van der Waals surface area contributed by atoms with E-state index in [-0.39, 0.29) is 24.8 Å². The molecule has 0 aliphatic carbocycles. The molecule has 3 rings (SSSR count). The number of amides is 3. The number of hydrogen-bond donors (Lipinski definition) is 2. The summed E-state index contributed by atoms with van der Waals surface area (Å²) in [5, 5.41) is 0. The molecule has 1 aromatic carbocycles. The third kappa shape index (κ3) is 4.24. The Balaban J connectivity index is 1.57. The highest BCUT2D eigenvalue weighted by atomic mass is 16.3. The zero-order chi connectivity index (χ0) is 20.3. The molecule has 28 heavy (non-hydrogen) atoms. The van der Waals surface area contributed by atoms with E-state index in [0.717, 1.165) is 18.5 Å². The van der Waals surface area contributed by atoms with Crippen LogP contribution >= 0.6 is 0 Å². The average Bonchev–Trinajstić information content (AvgIpc) is 3.22. The van der Waals surface area contributed by atoms with Gasteiger partial charge < -0.3 is 9.32 Å². The minimum atomic E-state index is -0.518. The van der Waals surface area contributed by atoms with Gasteiger partial charge in [0.25, 0.3) is 5.91 Å². The predicted molar refractivity (Wildman–Crippen MR) is 105 cm³/mol. The van der Waals surface area contributed by atoms with Crippen LogP contribution < -0.4 is 15.8 Å². The monoisotopic (exact) mass is 383 g/mol. The van der Waals surface area contributed by atoms with Crippen molar-refractivity contribution in [2.75, 3.05) is 11.4 Å². The fourth-order valence-corrected chi connectivity index (χ4v) is 3.41. The molecule has 7 nitrogen and oxygen atoms in total. The number of anilines is 1. The van der Waals surface area contributed by atoms with Crippen LogP contribution in [0.4, 0.5) is 5.69 Å². The first-order valence-electron chi connectivity index (χ1n) is 9.45. The number of furan rings is 1. The van der Waals surface area contributed by atoms with E-state index in [1.807, 2.05) is 24.3 Å². The van der Waals surface area contributed by atoms with E-state index < -0.39 is 11.8 Å². The van der Waals surface area contributed by atoms with Gasteiger partial charge in [-0.05, 0) is 44.0 Å². The standard InChI is InChI=1S/C21H25N3O4/c1-4-5-15-6-8-17(9-7-15)24-12-16(11-19(24)25)20(26)22-23-21(27)18-10-13(2)28-14(18)3/h6-10,16H,4-5,11-12H2,1-3H3,(H,22,26)(H,23,27). The van der Waals surface area contributed by atoms with E-state index in [0.29, 0.717) is 17.1 Å². The topological polar surface area (TPSA) is 91.7 Å². The van der Waals surface area contributed by atoms with Crippen molar-refractivity contribution in [1.82, 2.24) is 10.9 Å². The summed E-state index contributed by atoms with van der Waals surface area (Å²) < 4.78 is 5.32. The van der Waals surface area contributed by atoms with Crippen molar-refractivity contribution in [2.24, 2.45) is 5.92 Å². The summed E-state index contributed by atoms with van der Waals surface area (Å²) in [6.45, 7) is 5.84. The van der Waals surface area contributed by atoms with Gasteiger partial charge in [-0.2, -0.15) is 0 Å². The van der Waals surface area contributed by atoms with Gasteiger partial charge in [-0.15, -0.1) is 0 Å². The Morgan fingerprint density at radius 3 is 2.50 bits per heavy atom. The summed E-state index contributed by atoms with van der Waals surface area (Å²) in [7, 11) is 0. The first kappa shape index (κ1) is 19.7. The van der Waals surface area contributed by atoms with Crippen molar-refractivity contribution in [3.05, 3.63) is 53.0 Å². The second kappa shape index (κ2) is 8.29. The molecule has 0 saturated carbocycles. The molecule has 0 spiro atoms. The number of nitrogens with one attached hydrogen (secondary N) is 2. The zero-order valence-corrected chi connectivity index (χ0v) is 16.4. The van der Waals surface area contributed by atoms with Crippen LogP contribution in [0, 0.1) is 19.8 Å². The van der Waals surface area contributed by atoms with Crippen LogP contribution in [0.2, 0.25) is 0 Å². The summed E-state index contributed by atoms with van der Waals surface area (Å²) in [5.74, 6) is -0.347. The first-order valence-corrected chi connectivity index (χ1v) is 9.45. The highest BCUT2D eigenvalue weighted by Gasteiger charge is 2.35. The molecular weight excluding hydrogens is 358 g/mol. The Morgan fingerprint density at radius 2 is 1.89 bits per heavy atom. The van der Waals surface area contributed by atoms with Gasteiger partial charge in [0.15, 0.2) is 0 Å². The SMILES string of the molecule is CCCc1ccc(N2CC(C(=O)NNC(=O)c3cc(C)oc3C)CC2=O)cc1. The predicted octanol–water partition coefficient (Wildman–Crippen LogP) is 2.66. The van der Waals surface area contributed by atoms with Crippen molar-refractivity contribution in [3.63, 3.8) is 0 Å². The molecule has 3 amide bonds. The molecule has 2 aromatic rings. The van der Waals surface area contributed by atoms with Crippen molar-refractivity contribution < 1.29 is 18.8 Å². The molecule has 1 atom stereocenters. The molecule has 2 N–H and O–H groups in total. The van der Waals surface area contributed by atoms with E-state index in [1.54, 1.807) is 24.8 Å². The minimum Gasteiger partial charge on any atom is -0.466 e. The van der Waals surface area contributed by atoms with Gasteiger partial charge in [0, 0.05) is 18.7 Å². The van der Waals surface area contributed by atoms with Gasteiger partial charge in [-0.25, -0.2) is 0 Å². The normalized spacial score (nSPS) is 16.3. The largest absolute Gasteiger partial charge is 0.466 e. The van der Waals surface area contributed by atoms with Gasteiger partial charge in [0.1, 0.15) is 11.5 Å². The molecule has 1 aliphatic heterocycles. The number of hydrazine groups is 1. The second-order valence-electron chi connectivity index (χ2n) is 7.09. The fraction of sp³-hybridized carbons (Fsp3) is 0.381. The number of aryl methyl sites for hydroxylation is 3. The van der Waals surface area contributed by atoms with Gasteiger partial charge >= 0.3 is 0 Å². The summed E-state index contributed by atoms with van der Waals surface area (Å²) in [6.07, 6.45) is 2.17. The number of carbonyl (C=O) groups is 3. The summed E-state index contributed by atoms with van der Waals surface area (Å²) >= 11 is 0. The number of benzene rings is 1. The maximum absolute atomic E-state index is 12.4. The maximum Gasteiger partial charge on any atom is 0.273 e. The van der Waals surface area contributed by atoms with Crippen molar-refractivity contribution >= 4 is 23.4 Å². The Labute approximate surface area is 164 Å². The van der Waals surface area contributed by atoms with Crippen LogP contribution in [-0.4, -0.2) is 24.3 Å². The number of hydrogen-bond acceptors (Lipinski definition) is 4. The highest BCUT2D eigenvalue weighted by molar-refractivity contribution is 6.01. The second-order valence-corrected chi connectivity index (χ2v) is 7.09. The Kier molecular flexibility index (Phi) is 5.82. The Bertz CT molecular complexity index is 886.